The zero-order valence-corrected chi connectivity index (χ0v) is 13.6. The maximum absolute atomic E-state index is 13.4. The largest absolute Gasteiger partial charge is 0.419 e. The van der Waals surface area contributed by atoms with E-state index in [1.54, 1.807) is 24.3 Å². The summed E-state index contributed by atoms with van der Waals surface area (Å²) in [4.78, 5) is 1.81. The third kappa shape index (κ3) is 3.54. The topological polar surface area (TPSA) is 42.2 Å². The summed E-state index contributed by atoms with van der Waals surface area (Å²) in [7, 11) is 0. The van der Waals surface area contributed by atoms with Gasteiger partial charge in [-0.15, -0.1) is 10.2 Å². The van der Waals surface area contributed by atoms with Crippen LogP contribution in [0.3, 0.4) is 0 Å². The van der Waals surface area contributed by atoms with Gasteiger partial charge in [0.1, 0.15) is 0 Å². The van der Waals surface area contributed by atoms with E-state index in [9.17, 15) is 8.78 Å². The molecule has 2 aromatic carbocycles. The number of benzene rings is 2. The highest BCUT2D eigenvalue weighted by Crippen LogP contribution is 2.23. The second kappa shape index (κ2) is 6.97. The van der Waals surface area contributed by atoms with Crippen LogP contribution in [0.1, 0.15) is 12.8 Å². The summed E-state index contributed by atoms with van der Waals surface area (Å²) in [6.07, 6.45) is 0. The fourth-order valence-corrected chi connectivity index (χ4v) is 2.38. The average molecular weight is 350 g/mol. The third-order valence-electron chi connectivity index (χ3n) is 3.53. The van der Waals surface area contributed by atoms with Crippen LogP contribution in [0.2, 0.25) is 5.02 Å². The van der Waals surface area contributed by atoms with E-state index in [0.29, 0.717) is 35.6 Å². The molecule has 0 aliphatic carbocycles. The number of hydrogen-bond acceptors (Lipinski definition) is 4. The van der Waals surface area contributed by atoms with Gasteiger partial charge in [0, 0.05) is 28.9 Å². The fourth-order valence-electron chi connectivity index (χ4n) is 2.26. The Bertz CT molecular complexity index is 836. The van der Waals surface area contributed by atoms with Crippen LogP contribution >= 0.6 is 11.6 Å². The van der Waals surface area contributed by atoms with E-state index in [1.807, 2.05) is 11.8 Å². The summed E-state index contributed by atoms with van der Waals surface area (Å²) in [5.74, 6) is -1.01. The number of anilines is 1. The van der Waals surface area contributed by atoms with Gasteiger partial charge in [0.15, 0.2) is 11.6 Å². The molecule has 0 amide bonds. The van der Waals surface area contributed by atoms with E-state index in [1.165, 1.54) is 6.07 Å². The summed E-state index contributed by atoms with van der Waals surface area (Å²) in [6.45, 7) is 2.77. The van der Waals surface area contributed by atoms with Crippen molar-refractivity contribution in [2.45, 2.75) is 13.5 Å². The van der Waals surface area contributed by atoms with Crippen molar-refractivity contribution in [3.8, 4) is 11.5 Å². The molecular formula is C17H14ClF2N3O. The van der Waals surface area contributed by atoms with E-state index in [4.69, 9.17) is 16.0 Å². The highest BCUT2D eigenvalue weighted by Gasteiger charge is 2.14. The molecule has 0 saturated heterocycles. The minimum Gasteiger partial charge on any atom is -0.419 e. The van der Waals surface area contributed by atoms with Crippen molar-refractivity contribution in [3.63, 3.8) is 0 Å². The third-order valence-corrected chi connectivity index (χ3v) is 3.79. The lowest BCUT2D eigenvalue weighted by Crippen LogP contribution is -2.22. The molecule has 0 atom stereocenters. The van der Waals surface area contributed by atoms with Gasteiger partial charge in [-0.05, 0) is 43.3 Å². The first-order chi connectivity index (χ1) is 11.6. The first kappa shape index (κ1) is 16.4. The molecule has 3 aromatic rings. The van der Waals surface area contributed by atoms with Gasteiger partial charge in [-0.3, -0.25) is 0 Å². The zero-order chi connectivity index (χ0) is 17.1. The maximum atomic E-state index is 13.4. The van der Waals surface area contributed by atoms with Gasteiger partial charge < -0.3 is 9.32 Å². The number of hydrogen-bond donors (Lipinski definition) is 0. The predicted octanol–water partition coefficient (Wildman–Crippen LogP) is 4.69. The number of aromatic nitrogens is 2. The van der Waals surface area contributed by atoms with Crippen molar-refractivity contribution >= 4 is 17.3 Å². The van der Waals surface area contributed by atoms with Gasteiger partial charge >= 0.3 is 0 Å². The van der Waals surface area contributed by atoms with Gasteiger partial charge in [-0.2, -0.15) is 0 Å². The Morgan fingerprint density at radius 3 is 2.46 bits per heavy atom. The lowest BCUT2D eigenvalue weighted by Gasteiger charge is -2.21. The Kier molecular flexibility index (Phi) is 4.76. The molecule has 0 bridgehead atoms. The number of halogens is 3. The van der Waals surface area contributed by atoms with Crippen LogP contribution in [0.25, 0.3) is 11.5 Å². The Labute approximate surface area is 142 Å². The Hall–Kier alpha value is -2.47. The summed E-state index contributed by atoms with van der Waals surface area (Å²) < 4.78 is 32.1. The molecule has 24 heavy (non-hydrogen) atoms. The van der Waals surface area contributed by atoms with Crippen LogP contribution in [-0.4, -0.2) is 16.7 Å². The van der Waals surface area contributed by atoms with Crippen molar-refractivity contribution in [1.29, 1.82) is 0 Å². The van der Waals surface area contributed by atoms with Crippen LogP contribution in [0.4, 0.5) is 14.5 Å². The number of rotatable bonds is 5. The molecule has 0 N–H and O–H groups in total. The van der Waals surface area contributed by atoms with Crippen molar-refractivity contribution in [1.82, 2.24) is 10.2 Å². The van der Waals surface area contributed by atoms with Crippen LogP contribution in [0.15, 0.2) is 46.9 Å². The van der Waals surface area contributed by atoms with E-state index < -0.39 is 11.6 Å². The molecule has 7 heteroatoms. The number of nitrogens with zero attached hydrogens (tertiary/aromatic N) is 3. The Morgan fingerprint density at radius 1 is 1.04 bits per heavy atom. The zero-order valence-electron chi connectivity index (χ0n) is 12.8. The van der Waals surface area contributed by atoms with Gasteiger partial charge in [-0.1, -0.05) is 11.6 Å². The van der Waals surface area contributed by atoms with E-state index in [0.717, 1.165) is 17.7 Å². The molecule has 0 fully saturated rings. The molecule has 1 heterocycles. The molecule has 0 saturated carbocycles. The molecule has 0 spiro atoms. The summed E-state index contributed by atoms with van der Waals surface area (Å²) in [5.41, 5.74) is 1.30. The van der Waals surface area contributed by atoms with Crippen LogP contribution < -0.4 is 4.90 Å². The van der Waals surface area contributed by atoms with Crippen LogP contribution in [0.5, 0.6) is 0 Å². The monoisotopic (exact) mass is 349 g/mol. The summed E-state index contributed by atoms with van der Waals surface area (Å²) >= 11 is 5.85. The van der Waals surface area contributed by atoms with Gasteiger partial charge in [0.05, 0.1) is 6.54 Å². The standard InChI is InChI=1S/C17H14ClF2N3O/c1-2-23(13-7-8-14(19)15(20)9-13)10-16-21-22-17(24-16)11-3-5-12(18)6-4-11/h3-9H,2,10H2,1H3. The second-order valence-corrected chi connectivity index (χ2v) is 5.56. The average Bonchev–Trinajstić information content (AvgIpc) is 3.04. The highest BCUT2D eigenvalue weighted by molar-refractivity contribution is 6.30. The molecule has 3 rings (SSSR count). The smallest absolute Gasteiger partial charge is 0.247 e. The normalized spacial score (nSPS) is 10.8. The lowest BCUT2D eigenvalue weighted by molar-refractivity contribution is 0.496. The van der Waals surface area contributed by atoms with Gasteiger partial charge in [0.25, 0.3) is 0 Å². The molecule has 0 aliphatic heterocycles. The van der Waals surface area contributed by atoms with E-state index >= 15 is 0 Å². The molecule has 124 valence electrons. The molecule has 0 radical (unpaired) electrons. The van der Waals surface area contributed by atoms with Crippen molar-refractivity contribution in [2.75, 3.05) is 11.4 Å². The summed E-state index contributed by atoms with van der Waals surface area (Å²) in [6, 6.07) is 10.8. The predicted molar refractivity (Wildman–Crippen MR) is 87.8 cm³/mol. The van der Waals surface area contributed by atoms with E-state index in [2.05, 4.69) is 10.2 Å². The van der Waals surface area contributed by atoms with Gasteiger partial charge in [0.2, 0.25) is 11.8 Å². The van der Waals surface area contributed by atoms with Crippen molar-refractivity contribution in [3.05, 3.63) is 65.0 Å². The lowest BCUT2D eigenvalue weighted by atomic mass is 10.2. The summed E-state index contributed by atoms with van der Waals surface area (Å²) in [5, 5.41) is 8.64. The Balaban J connectivity index is 1.79. The van der Waals surface area contributed by atoms with Crippen molar-refractivity contribution in [2.24, 2.45) is 0 Å². The molecular weight excluding hydrogens is 336 g/mol. The Morgan fingerprint density at radius 2 is 1.79 bits per heavy atom. The molecule has 4 nitrogen and oxygen atoms in total. The molecule has 0 aliphatic rings. The maximum Gasteiger partial charge on any atom is 0.247 e. The van der Waals surface area contributed by atoms with Crippen LogP contribution in [0, 0.1) is 11.6 Å². The van der Waals surface area contributed by atoms with E-state index in [-0.39, 0.29) is 0 Å². The SMILES string of the molecule is CCN(Cc1nnc(-c2ccc(Cl)cc2)o1)c1ccc(F)c(F)c1. The quantitative estimate of drug-likeness (QED) is 0.670. The highest BCUT2D eigenvalue weighted by atomic mass is 35.5. The molecule has 0 unspecified atom stereocenters. The molecule has 1 aromatic heterocycles. The first-order valence-electron chi connectivity index (χ1n) is 7.35. The van der Waals surface area contributed by atoms with Crippen molar-refractivity contribution < 1.29 is 13.2 Å². The fraction of sp³-hybridized carbons (Fsp3) is 0.176. The minimum absolute atomic E-state index is 0.294. The van der Waals surface area contributed by atoms with Crippen LogP contribution in [-0.2, 0) is 6.54 Å². The second-order valence-electron chi connectivity index (χ2n) is 5.12. The minimum atomic E-state index is -0.890. The van der Waals surface area contributed by atoms with Gasteiger partial charge in [-0.25, -0.2) is 8.78 Å². The first-order valence-corrected chi connectivity index (χ1v) is 7.73.